The molecule has 3 rings (SSSR count). The van der Waals surface area contributed by atoms with Gasteiger partial charge in [0.15, 0.2) is 0 Å². The molecule has 0 spiro atoms. The van der Waals surface area contributed by atoms with Crippen molar-refractivity contribution in [1.82, 2.24) is 10.4 Å². The smallest absolute Gasteiger partial charge is 0.289 e. The molecule has 2 N–H and O–H groups in total. The van der Waals surface area contributed by atoms with Crippen LogP contribution in [-0.4, -0.2) is 22.2 Å². The van der Waals surface area contributed by atoms with Crippen LogP contribution in [0.1, 0.15) is 16.1 Å². The number of nitrogens with one attached hydrogen (secondary N) is 1. The van der Waals surface area contributed by atoms with Crippen LogP contribution in [0.4, 0.5) is 0 Å². The third-order valence-electron chi connectivity index (χ3n) is 3.20. The van der Waals surface area contributed by atoms with Gasteiger partial charge in [-0.3, -0.25) is 9.78 Å². The number of pyridine rings is 1. The maximum Gasteiger partial charge on any atom is 0.289 e. The highest BCUT2D eigenvalue weighted by Gasteiger charge is 2.05. The van der Waals surface area contributed by atoms with Crippen molar-refractivity contribution in [3.63, 3.8) is 0 Å². The van der Waals surface area contributed by atoms with Crippen molar-refractivity contribution in [2.24, 2.45) is 5.10 Å². The molecule has 0 aliphatic heterocycles. The molecule has 2 aromatic carbocycles. The first-order valence-corrected chi connectivity index (χ1v) is 6.71. The minimum atomic E-state index is -0.375. The van der Waals surface area contributed by atoms with Crippen LogP contribution >= 0.6 is 0 Å². The number of amides is 1. The van der Waals surface area contributed by atoms with E-state index in [0.29, 0.717) is 5.69 Å². The second kappa shape index (κ2) is 6.05. The van der Waals surface area contributed by atoms with Gasteiger partial charge in [-0.05, 0) is 29.7 Å². The number of benzene rings is 2. The third kappa shape index (κ3) is 2.78. The number of phenolic OH excluding ortho intramolecular Hbond substituents is 1. The Morgan fingerprint density at radius 2 is 1.82 bits per heavy atom. The number of hydrogen-bond acceptors (Lipinski definition) is 4. The summed E-state index contributed by atoms with van der Waals surface area (Å²) in [5.74, 6) is -0.162. The number of hydrogen-bond donors (Lipinski definition) is 2. The standard InChI is InChI=1S/C17H13N3O2/c21-16-9-8-12(13-5-1-2-6-14(13)16)11-19-20-17(22)15-7-3-4-10-18-15/h1-11,21H,(H,20,22)/b19-11+. The summed E-state index contributed by atoms with van der Waals surface area (Å²) >= 11 is 0. The van der Waals surface area contributed by atoms with Crippen LogP contribution in [0.15, 0.2) is 65.9 Å². The van der Waals surface area contributed by atoms with Gasteiger partial charge in [-0.1, -0.05) is 30.3 Å². The second-order valence-corrected chi connectivity index (χ2v) is 4.63. The lowest BCUT2D eigenvalue weighted by molar-refractivity contribution is 0.0950. The lowest BCUT2D eigenvalue weighted by Crippen LogP contribution is -2.18. The predicted octanol–water partition coefficient (Wildman–Crippen LogP) is 2.70. The fraction of sp³-hybridized carbons (Fsp3) is 0. The Hall–Kier alpha value is -3.21. The van der Waals surface area contributed by atoms with Crippen molar-refractivity contribution < 1.29 is 9.90 Å². The lowest BCUT2D eigenvalue weighted by atomic mass is 10.0. The Morgan fingerprint density at radius 3 is 2.59 bits per heavy atom. The Morgan fingerprint density at radius 1 is 1.05 bits per heavy atom. The van der Waals surface area contributed by atoms with E-state index in [2.05, 4.69) is 15.5 Å². The normalized spacial score (nSPS) is 10.9. The van der Waals surface area contributed by atoms with E-state index in [4.69, 9.17) is 0 Å². The summed E-state index contributed by atoms with van der Waals surface area (Å²) in [4.78, 5) is 15.8. The third-order valence-corrected chi connectivity index (χ3v) is 3.20. The molecule has 0 fully saturated rings. The number of aromatic hydroxyl groups is 1. The number of carbonyl (C=O) groups excluding carboxylic acids is 1. The van der Waals surface area contributed by atoms with Gasteiger partial charge >= 0.3 is 0 Å². The zero-order valence-electron chi connectivity index (χ0n) is 11.6. The van der Waals surface area contributed by atoms with Crippen molar-refractivity contribution in [3.8, 4) is 5.75 Å². The van der Waals surface area contributed by atoms with Crippen LogP contribution in [0.5, 0.6) is 5.75 Å². The van der Waals surface area contributed by atoms with Crippen LogP contribution in [0.2, 0.25) is 0 Å². The molecule has 0 saturated carbocycles. The molecule has 1 aromatic heterocycles. The van der Waals surface area contributed by atoms with Gasteiger partial charge in [0.2, 0.25) is 0 Å². The van der Waals surface area contributed by atoms with Gasteiger partial charge in [-0.2, -0.15) is 5.10 Å². The van der Waals surface area contributed by atoms with Gasteiger partial charge in [-0.25, -0.2) is 5.43 Å². The summed E-state index contributed by atoms with van der Waals surface area (Å²) in [7, 11) is 0. The molecular weight excluding hydrogens is 278 g/mol. The van der Waals surface area contributed by atoms with E-state index in [1.54, 1.807) is 42.7 Å². The SMILES string of the molecule is O=C(N/N=C/c1ccc(O)c2ccccc12)c1ccccn1. The fourth-order valence-electron chi connectivity index (χ4n) is 2.13. The van der Waals surface area contributed by atoms with Gasteiger partial charge in [0, 0.05) is 17.1 Å². The van der Waals surface area contributed by atoms with E-state index < -0.39 is 0 Å². The molecule has 0 radical (unpaired) electrons. The summed E-state index contributed by atoms with van der Waals surface area (Å²) in [6.07, 6.45) is 3.09. The predicted molar refractivity (Wildman–Crippen MR) is 84.9 cm³/mol. The van der Waals surface area contributed by atoms with E-state index in [0.717, 1.165) is 16.3 Å². The molecule has 5 heteroatoms. The number of rotatable bonds is 3. The Kier molecular flexibility index (Phi) is 3.78. The van der Waals surface area contributed by atoms with Crippen LogP contribution in [-0.2, 0) is 0 Å². The monoisotopic (exact) mass is 291 g/mol. The van der Waals surface area contributed by atoms with E-state index in [-0.39, 0.29) is 11.7 Å². The van der Waals surface area contributed by atoms with Crippen molar-refractivity contribution in [1.29, 1.82) is 0 Å². The van der Waals surface area contributed by atoms with Gasteiger partial charge in [0.1, 0.15) is 11.4 Å². The molecule has 0 saturated heterocycles. The summed E-state index contributed by atoms with van der Waals surface area (Å²) in [5.41, 5.74) is 3.53. The van der Waals surface area contributed by atoms with Crippen LogP contribution < -0.4 is 5.43 Å². The van der Waals surface area contributed by atoms with Crippen molar-refractivity contribution in [2.45, 2.75) is 0 Å². The zero-order valence-corrected chi connectivity index (χ0v) is 11.6. The van der Waals surface area contributed by atoms with Gasteiger partial charge in [-0.15, -0.1) is 0 Å². The van der Waals surface area contributed by atoms with Crippen molar-refractivity contribution >= 4 is 22.9 Å². The maximum absolute atomic E-state index is 11.8. The molecule has 1 amide bonds. The number of hydrazone groups is 1. The first-order chi connectivity index (χ1) is 10.8. The Bertz CT molecular complexity index is 845. The molecule has 0 unspecified atom stereocenters. The molecule has 0 aliphatic carbocycles. The number of aromatic nitrogens is 1. The van der Waals surface area contributed by atoms with Crippen molar-refractivity contribution in [2.75, 3.05) is 0 Å². The maximum atomic E-state index is 11.8. The minimum absolute atomic E-state index is 0.213. The van der Waals surface area contributed by atoms with E-state index in [9.17, 15) is 9.90 Å². The molecule has 3 aromatic rings. The summed E-state index contributed by atoms with van der Waals surface area (Å²) in [6, 6.07) is 15.9. The first-order valence-electron chi connectivity index (χ1n) is 6.71. The Labute approximate surface area is 126 Å². The van der Waals surface area contributed by atoms with Gasteiger partial charge in [0.05, 0.1) is 6.21 Å². The van der Waals surface area contributed by atoms with Gasteiger partial charge < -0.3 is 5.11 Å². The summed E-state index contributed by atoms with van der Waals surface area (Å²) < 4.78 is 0. The number of carbonyl (C=O) groups is 1. The number of phenols is 1. The topological polar surface area (TPSA) is 74.6 Å². The number of fused-ring (bicyclic) bond motifs is 1. The average molecular weight is 291 g/mol. The molecule has 1 heterocycles. The average Bonchev–Trinajstić information content (AvgIpc) is 2.58. The molecular formula is C17H13N3O2. The molecule has 0 aliphatic rings. The zero-order chi connectivity index (χ0) is 15.4. The highest BCUT2D eigenvalue weighted by molar-refractivity contribution is 6.02. The van der Waals surface area contributed by atoms with E-state index in [1.165, 1.54) is 0 Å². The minimum Gasteiger partial charge on any atom is -0.507 e. The highest BCUT2D eigenvalue weighted by Crippen LogP contribution is 2.26. The quantitative estimate of drug-likeness (QED) is 0.575. The lowest BCUT2D eigenvalue weighted by Gasteiger charge is -2.04. The molecule has 108 valence electrons. The summed E-state index contributed by atoms with van der Waals surface area (Å²) in [5, 5.41) is 15.4. The molecule has 5 nitrogen and oxygen atoms in total. The fourth-order valence-corrected chi connectivity index (χ4v) is 2.13. The van der Waals surface area contributed by atoms with Crippen molar-refractivity contribution in [3.05, 3.63) is 72.1 Å². The van der Waals surface area contributed by atoms with E-state index >= 15 is 0 Å². The van der Waals surface area contributed by atoms with Crippen LogP contribution in [0.25, 0.3) is 10.8 Å². The van der Waals surface area contributed by atoms with Gasteiger partial charge in [0.25, 0.3) is 5.91 Å². The Balaban J connectivity index is 1.82. The second-order valence-electron chi connectivity index (χ2n) is 4.63. The first kappa shape index (κ1) is 13.8. The van der Waals surface area contributed by atoms with E-state index in [1.807, 2.05) is 24.3 Å². The molecule has 0 bridgehead atoms. The molecule has 0 atom stereocenters. The van der Waals surface area contributed by atoms with Crippen LogP contribution in [0, 0.1) is 0 Å². The largest absolute Gasteiger partial charge is 0.507 e. The summed E-state index contributed by atoms with van der Waals surface area (Å²) in [6.45, 7) is 0. The molecule has 22 heavy (non-hydrogen) atoms. The number of nitrogens with zero attached hydrogens (tertiary/aromatic N) is 2. The van der Waals surface area contributed by atoms with Crippen LogP contribution in [0.3, 0.4) is 0 Å². The highest BCUT2D eigenvalue weighted by atomic mass is 16.3.